The summed E-state index contributed by atoms with van der Waals surface area (Å²) in [6, 6.07) is 31.0. The van der Waals surface area contributed by atoms with Gasteiger partial charge in [-0.25, -0.2) is 0 Å². The van der Waals surface area contributed by atoms with Gasteiger partial charge in [0.15, 0.2) is 0 Å². The third-order valence-electron chi connectivity index (χ3n) is 8.05. The fraction of sp³-hybridized carbons (Fsp3) is 0.0526. The fourth-order valence-corrected chi connectivity index (χ4v) is 6.64. The van der Waals surface area contributed by atoms with Gasteiger partial charge in [-0.3, -0.25) is 18.7 Å². The van der Waals surface area contributed by atoms with Crippen molar-refractivity contribution >= 4 is 136 Å². The Morgan fingerprint density at radius 1 is 0.596 bits per heavy atom. The van der Waals surface area contributed by atoms with Gasteiger partial charge in [-0.2, -0.15) is 32.2 Å². The van der Waals surface area contributed by atoms with Crippen molar-refractivity contribution in [1.29, 1.82) is 0 Å². The average molecular weight is 825 g/mol. The van der Waals surface area contributed by atoms with E-state index >= 15 is 0 Å². The number of hydrogen-bond acceptors (Lipinski definition) is 11. The molecule has 2 radical (unpaired) electrons. The smallest absolute Gasteiger partial charge is 0.295 e. The number of carbonyl (C=O) groups is 2. The second kappa shape index (κ2) is 19.2. The first kappa shape index (κ1) is 45.0. The maximum Gasteiger partial charge on any atom is 0.295 e. The number of nitrogens with zero attached hydrogens (tertiary/aromatic N) is 4. The van der Waals surface area contributed by atoms with Gasteiger partial charge in [0.25, 0.3) is 32.1 Å². The predicted molar refractivity (Wildman–Crippen MR) is 216 cm³/mol. The number of fused-ring (bicyclic) bond motifs is 1. The zero-order chi connectivity index (χ0) is 39.3. The van der Waals surface area contributed by atoms with Crippen molar-refractivity contribution in [1.82, 2.24) is 0 Å². The van der Waals surface area contributed by atoms with Gasteiger partial charge in [0.2, 0.25) is 0 Å². The van der Waals surface area contributed by atoms with Gasteiger partial charge in [0.05, 0.1) is 29.1 Å². The Bertz CT molecular complexity index is 2750. The molecule has 0 spiro atoms. The van der Waals surface area contributed by atoms with Crippen LogP contribution in [-0.2, 0) is 20.2 Å². The van der Waals surface area contributed by atoms with Crippen molar-refractivity contribution in [2.24, 2.45) is 20.5 Å². The molecule has 0 aliphatic carbocycles. The molecule has 6 aromatic rings. The van der Waals surface area contributed by atoms with Gasteiger partial charge in [-0.1, -0.05) is 24.3 Å². The fourth-order valence-electron chi connectivity index (χ4n) is 5.29. The molecule has 19 heteroatoms. The number of nitrogens with one attached hydrogen (secondary N) is 2. The van der Waals surface area contributed by atoms with E-state index in [0.29, 0.717) is 51.4 Å². The standard InChI is InChI=1S/C38H30N6O9S2.2Na/c1-23-18-28(40-38(46)25-8-11-27(12-9-25)39-37(45)24-6-4-3-5-7-24)14-16-33(23)43-44-34-17-15-30(21-35(34)53-2)42-41-29-13-10-26-19-31(54(47,48)49)22-36(32(26)20-29)55(50,51)52;;/h3-22H,1-2H3,(H,39,45)(H,40,46)(H,47,48,49)(H,50,51,52);;. The number of rotatable bonds is 11. The van der Waals surface area contributed by atoms with E-state index < -0.39 is 30.0 Å². The summed E-state index contributed by atoms with van der Waals surface area (Å²) < 4.78 is 71.9. The van der Waals surface area contributed by atoms with Crippen LogP contribution in [0.4, 0.5) is 34.1 Å². The number of methoxy groups -OCH3 is 1. The average Bonchev–Trinajstić information content (AvgIpc) is 3.16. The van der Waals surface area contributed by atoms with Crippen LogP contribution in [0.5, 0.6) is 5.75 Å². The van der Waals surface area contributed by atoms with Crippen molar-refractivity contribution in [3.05, 3.63) is 138 Å². The molecule has 15 nitrogen and oxygen atoms in total. The Kier molecular flexibility index (Phi) is 15.2. The first-order valence-electron chi connectivity index (χ1n) is 16.1. The van der Waals surface area contributed by atoms with Gasteiger partial charge in [0, 0.05) is 93.1 Å². The third-order valence-corrected chi connectivity index (χ3v) is 9.78. The normalized spacial score (nSPS) is 11.5. The molecule has 0 heterocycles. The molecule has 6 rings (SSSR count). The second-order valence-electron chi connectivity index (χ2n) is 11.9. The first-order chi connectivity index (χ1) is 26.2. The van der Waals surface area contributed by atoms with Crippen LogP contribution in [0.3, 0.4) is 0 Å². The number of ether oxygens (including phenoxy) is 1. The van der Waals surface area contributed by atoms with E-state index in [0.717, 1.165) is 11.6 Å². The Balaban J connectivity index is 0.00000360. The van der Waals surface area contributed by atoms with E-state index in [1.54, 1.807) is 84.9 Å². The van der Waals surface area contributed by atoms with Gasteiger partial charge in [-0.05, 0) is 109 Å². The van der Waals surface area contributed by atoms with Gasteiger partial charge in [-0.15, -0.1) is 5.11 Å². The minimum atomic E-state index is -4.88. The van der Waals surface area contributed by atoms with Crippen LogP contribution < -0.4 is 15.4 Å². The van der Waals surface area contributed by atoms with Crippen molar-refractivity contribution in [3.63, 3.8) is 0 Å². The van der Waals surface area contributed by atoms with Crippen LogP contribution in [0.2, 0.25) is 0 Å². The molecule has 2 amide bonds. The van der Waals surface area contributed by atoms with Crippen LogP contribution >= 0.6 is 0 Å². The molecule has 0 saturated heterocycles. The van der Waals surface area contributed by atoms with Gasteiger partial charge < -0.3 is 15.4 Å². The minimum absolute atomic E-state index is 0. The Labute approximate surface area is 371 Å². The molecular weight excluding hydrogens is 795 g/mol. The molecule has 4 N–H and O–H groups in total. The summed E-state index contributed by atoms with van der Waals surface area (Å²) in [6.45, 7) is 1.81. The summed E-state index contributed by atoms with van der Waals surface area (Å²) in [6.07, 6.45) is 0. The summed E-state index contributed by atoms with van der Waals surface area (Å²) in [5.41, 5.74) is 4.17. The van der Waals surface area contributed by atoms with Crippen LogP contribution in [-0.4, -0.2) is 104 Å². The first-order valence-corrected chi connectivity index (χ1v) is 19.0. The summed E-state index contributed by atoms with van der Waals surface area (Å²) >= 11 is 0. The molecule has 280 valence electrons. The number of anilines is 2. The summed E-state index contributed by atoms with van der Waals surface area (Å²) in [4.78, 5) is 23.9. The van der Waals surface area contributed by atoms with E-state index in [9.17, 15) is 35.5 Å². The summed E-state index contributed by atoms with van der Waals surface area (Å²) in [5.74, 6) is -0.277. The van der Waals surface area contributed by atoms with Crippen molar-refractivity contribution in [2.75, 3.05) is 17.7 Å². The van der Waals surface area contributed by atoms with E-state index in [1.807, 2.05) is 13.0 Å². The maximum absolute atomic E-state index is 12.9. The largest absolute Gasteiger partial charge is 0.494 e. The van der Waals surface area contributed by atoms with Gasteiger partial charge >= 0.3 is 0 Å². The monoisotopic (exact) mass is 824 g/mol. The molecule has 0 aliphatic heterocycles. The van der Waals surface area contributed by atoms with Gasteiger partial charge in [0.1, 0.15) is 16.3 Å². The number of carbonyl (C=O) groups excluding carboxylic acids is 2. The number of amides is 2. The van der Waals surface area contributed by atoms with E-state index in [4.69, 9.17) is 4.74 Å². The quantitative estimate of drug-likeness (QED) is 0.0560. The topological polar surface area (TPSA) is 226 Å². The third kappa shape index (κ3) is 11.5. The van der Waals surface area contributed by atoms with E-state index in [1.165, 1.54) is 25.3 Å². The van der Waals surface area contributed by atoms with Crippen LogP contribution in [0.1, 0.15) is 26.3 Å². The molecule has 6 aromatic carbocycles. The van der Waals surface area contributed by atoms with Crippen LogP contribution in [0.25, 0.3) is 10.8 Å². The molecule has 0 unspecified atom stereocenters. The van der Waals surface area contributed by atoms with E-state index in [-0.39, 0.29) is 87.4 Å². The van der Waals surface area contributed by atoms with Crippen molar-refractivity contribution in [2.45, 2.75) is 16.7 Å². The SMILES string of the molecule is COc1cc(N=Nc2ccc3cc(S(=O)(=O)O)cc(S(=O)(=O)O)c3c2)ccc1N=Nc1ccc(NC(=O)c2ccc(NC(=O)c3ccccc3)cc2)cc1C.[Na].[Na]. The second-order valence-corrected chi connectivity index (χ2v) is 14.7. The molecule has 57 heavy (non-hydrogen) atoms. The Morgan fingerprint density at radius 2 is 1.16 bits per heavy atom. The number of aryl methyl sites for hydroxylation is 1. The Hall–Kier alpha value is -4.66. The molecule has 0 aromatic heterocycles. The number of azo groups is 2. The molecule has 0 bridgehead atoms. The maximum atomic E-state index is 12.9. The number of benzene rings is 6. The molecule has 0 fully saturated rings. The predicted octanol–water partition coefficient (Wildman–Crippen LogP) is 8.22. The Morgan fingerprint density at radius 3 is 1.77 bits per heavy atom. The van der Waals surface area contributed by atoms with E-state index in [2.05, 4.69) is 31.1 Å². The van der Waals surface area contributed by atoms with Crippen molar-refractivity contribution < 1.29 is 40.3 Å². The molecule has 0 aliphatic rings. The zero-order valence-corrected chi connectivity index (χ0v) is 36.5. The molecular formula is C38H30N6Na2O9S2. The summed E-state index contributed by atoms with van der Waals surface area (Å²) in [5, 5.41) is 22.7. The minimum Gasteiger partial charge on any atom is -0.494 e. The van der Waals surface area contributed by atoms with Crippen LogP contribution in [0, 0.1) is 6.92 Å². The zero-order valence-electron chi connectivity index (χ0n) is 30.9. The molecule has 0 atom stereocenters. The number of hydrogen-bond donors (Lipinski definition) is 4. The van der Waals surface area contributed by atoms with Crippen LogP contribution in [0.15, 0.2) is 152 Å². The summed E-state index contributed by atoms with van der Waals surface area (Å²) in [7, 11) is -8.19. The molecule has 0 saturated carbocycles. The van der Waals surface area contributed by atoms with Crippen molar-refractivity contribution in [3.8, 4) is 5.75 Å².